The van der Waals surface area contributed by atoms with Crippen LogP contribution in [-0.2, 0) is 32.4 Å². The molecule has 5 N–H and O–H groups in total. The van der Waals surface area contributed by atoms with Gasteiger partial charge in [-0.2, -0.15) is 5.10 Å². The molecule has 9 heteroatoms. The average Bonchev–Trinajstić information content (AvgIpc) is 2.42. The van der Waals surface area contributed by atoms with Crippen molar-refractivity contribution in [3.63, 3.8) is 0 Å². The van der Waals surface area contributed by atoms with Crippen molar-refractivity contribution in [3.05, 3.63) is 22.7 Å². The van der Waals surface area contributed by atoms with E-state index in [-0.39, 0.29) is 24.1 Å². The van der Waals surface area contributed by atoms with E-state index in [2.05, 4.69) is 56.7 Å². The number of fused-ring (bicyclic) bond motifs is 1. The Kier molecular flexibility index (Phi) is 6.91. The van der Waals surface area contributed by atoms with Crippen LogP contribution in [0, 0.1) is 0 Å². The maximum Gasteiger partial charge on any atom is 0.207 e. The van der Waals surface area contributed by atoms with Crippen molar-refractivity contribution >= 4 is 56.1 Å². The third-order valence-electron chi connectivity index (χ3n) is 1.41. The van der Waals surface area contributed by atoms with Crippen LogP contribution in [0.15, 0.2) is 22.7 Å². The summed E-state index contributed by atoms with van der Waals surface area (Å²) in [5.41, 5.74) is 6.43. The zero-order valence-electron chi connectivity index (χ0n) is 7.83. The van der Waals surface area contributed by atoms with Gasteiger partial charge in [-0.05, 0) is 12.1 Å². The Morgan fingerprint density at radius 1 is 1.56 bits per heavy atom. The molecule has 5 nitrogen and oxygen atoms in total. The molecule has 0 spiro atoms. The van der Waals surface area contributed by atoms with E-state index < -0.39 is 0 Å². The second-order valence-electron chi connectivity index (χ2n) is 2.54. The minimum absolute atomic E-state index is 0. The van der Waals surface area contributed by atoms with Crippen LogP contribution in [0.5, 0.6) is 0 Å². The minimum atomic E-state index is 0. The van der Waals surface area contributed by atoms with Gasteiger partial charge in [0.05, 0.1) is 0 Å². The number of H-pyrrole nitrogens is 1. The molecule has 0 fully saturated rings. The number of rotatable bonds is 0. The zero-order valence-corrected chi connectivity index (χ0v) is 13.6. The molecule has 2 rings (SSSR count). The van der Waals surface area contributed by atoms with Crippen LogP contribution >= 0.6 is 28.1 Å². The summed E-state index contributed by atoms with van der Waals surface area (Å²) in [5.74, 6) is 5.38. The topological polar surface area (TPSA) is 84.0 Å². The molecule has 0 unspecified atom stereocenters. The maximum atomic E-state index is 5.38. The summed E-state index contributed by atoms with van der Waals surface area (Å²) in [5, 5.41) is 6.83. The minimum Gasteiger partial charge on any atom is -0.415 e. The molecule has 0 aliphatic rings. The normalized spacial score (nSPS) is 8.81. The van der Waals surface area contributed by atoms with Crippen molar-refractivity contribution in [1.82, 2.24) is 10.0 Å². The number of halogens is 1. The standard InChI is InChI=1S/C6H5BrN4.CH3NS2.Os/c7-4-1-2-5-6(3-4)10-11(8)9-5;2-1(3)4;/h1-3H,8H2;(H3,2,3,4);. The fraction of sp³-hybridized carbons (Fsp3) is 0. The number of aromatic nitrogens is 3. The van der Waals surface area contributed by atoms with Gasteiger partial charge in [0, 0.05) is 40.3 Å². The van der Waals surface area contributed by atoms with Gasteiger partial charge in [0.15, 0.2) is 5.52 Å². The number of hydrogen-bond acceptors (Lipinski definition) is 4. The first-order chi connectivity index (χ1) is 6.99. The van der Waals surface area contributed by atoms with Crippen LogP contribution < -0.4 is 16.7 Å². The van der Waals surface area contributed by atoms with E-state index in [1.54, 1.807) is 0 Å². The van der Waals surface area contributed by atoms with Crippen LogP contribution in [0.2, 0.25) is 0 Å². The van der Waals surface area contributed by atoms with Gasteiger partial charge in [0.1, 0.15) is 0 Å². The molecule has 1 aromatic carbocycles. The van der Waals surface area contributed by atoms with Gasteiger partial charge in [0.2, 0.25) is 5.52 Å². The molecular weight excluding hydrogens is 488 g/mol. The molecule has 0 saturated carbocycles. The Morgan fingerprint density at radius 2 is 2.12 bits per heavy atom. The van der Waals surface area contributed by atoms with E-state index in [1.165, 1.54) is 4.91 Å². The van der Waals surface area contributed by atoms with Crippen molar-refractivity contribution < 1.29 is 24.9 Å². The van der Waals surface area contributed by atoms with Gasteiger partial charge < -0.3 is 30.6 Å². The van der Waals surface area contributed by atoms with Crippen molar-refractivity contribution in [2.75, 3.05) is 5.84 Å². The summed E-state index contributed by atoms with van der Waals surface area (Å²) in [7, 11) is 0. The fourth-order valence-corrected chi connectivity index (χ4v) is 1.30. The fourth-order valence-electron chi connectivity index (χ4n) is 0.947. The number of thiocarbonyl (C=S) groups is 1. The van der Waals surface area contributed by atoms with Crippen LogP contribution in [0.1, 0.15) is 0 Å². The Hall–Kier alpha value is -0.354. The molecule has 0 atom stereocenters. The van der Waals surface area contributed by atoms with E-state index in [0.29, 0.717) is 0 Å². The van der Waals surface area contributed by atoms with Crippen LogP contribution in [-0.4, -0.2) is 14.3 Å². The molecule has 2 aromatic rings. The molecule has 16 heavy (non-hydrogen) atoms. The zero-order chi connectivity index (χ0) is 11.4. The summed E-state index contributed by atoms with van der Waals surface area (Å²) in [6.07, 6.45) is 0. The van der Waals surface area contributed by atoms with Gasteiger partial charge in [-0.25, -0.2) is 5.84 Å². The van der Waals surface area contributed by atoms with Gasteiger partial charge in [-0.3, -0.25) is 0 Å². The van der Waals surface area contributed by atoms with E-state index in [1.807, 2.05) is 18.2 Å². The van der Waals surface area contributed by atoms with Crippen LogP contribution in [0.3, 0.4) is 0 Å². The monoisotopic (exact) mass is 497 g/mol. The molecule has 1 heterocycles. The predicted molar refractivity (Wildman–Crippen MR) is 68.3 cm³/mol. The Balaban J connectivity index is 0.000000397. The second kappa shape index (κ2) is 7.07. The first-order valence-electron chi connectivity index (χ1n) is 3.78. The number of aromatic amines is 1. The molecule has 0 amide bonds. The van der Waals surface area contributed by atoms with Crippen molar-refractivity contribution in [2.24, 2.45) is 5.73 Å². The molecule has 0 aliphatic carbocycles. The molecule has 0 bridgehead atoms. The van der Waals surface area contributed by atoms with E-state index in [9.17, 15) is 0 Å². The van der Waals surface area contributed by atoms with Crippen molar-refractivity contribution in [3.8, 4) is 0 Å². The third kappa shape index (κ3) is 5.12. The predicted octanol–water partition coefficient (Wildman–Crippen LogP) is 0.101. The molecule has 0 saturated heterocycles. The number of benzene rings is 1. The Labute approximate surface area is 124 Å². The Bertz CT molecular complexity index is 485. The molecule has 0 aliphatic heterocycles. The van der Waals surface area contributed by atoms with Crippen LogP contribution in [0.4, 0.5) is 0 Å². The summed E-state index contributed by atoms with van der Waals surface area (Å²) in [6.45, 7) is 0. The molecular formula is C7H8BrN5OsS2. The maximum absolute atomic E-state index is 5.38. The van der Waals surface area contributed by atoms with Gasteiger partial charge >= 0.3 is 0 Å². The number of nitrogens with zero attached hydrogens (tertiary/aromatic N) is 2. The number of nitrogen functional groups attached to an aromatic ring is 1. The largest absolute Gasteiger partial charge is 0.415 e. The first-order valence-corrected chi connectivity index (χ1v) is 5.39. The summed E-state index contributed by atoms with van der Waals surface area (Å²) >= 11 is 11.6. The van der Waals surface area contributed by atoms with Gasteiger partial charge in [-0.1, -0.05) is 20.3 Å². The number of nitrogens with one attached hydrogen (secondary N) is 1. The van der Waals surface area contributed by atoms with Crippen molar-refractivity contribution in [2.45, 2.75) is 0 Å². The first kappa shape index (κ1) is 15.6. The van der Waals surface area contributed by atoms with Gasteiger partial charge in [0.25, 0.3) is 0 Å². The quantitative estimate of drug-likeness (QED) is 0.307. The molecule has 88 valence electrons. The summed E-state index contributed by atoms with van der Waals surface area (Å²) in [4.78, 5) is 1.19. The summed E-state index contributed by atoms with van der Waals surface area (Å²) in [6, 6.07) is 5.74. The third-order valence-corrected chi connectivity index (χ3v) is 1.90. The second-order valence-corrected chi connectivity index (χ2v) is 4.59. The summed E-state index contributed by atoms with van der Waals surface area (Å²) < 4.78 is 1.08. The SMILES string of the molecule is NC(=S)[S-].Nn1nc2cc(Br)ccc2[nH+]1.[Os]. The smallest absolute Gasteiger partial charge is 0.207 e. The van der Waals surface area contributed by atoms with Gasteiger partial charge in [-0.15, -0.1) is 0 Å². The number of hydrogen-bond donors (Lipinski definition) is 2. The van der Waals surface area contributed by atoms with E-state index in [0.717, 1.165) is 15.5 Å². The van der Waals surface area contributed by atoms with Crippen LogP contribution in [0.25, 0.3) is 11.0 Å². The average molecular weight is 496 g/mol. The molecule has 1 aromatic heterocycles. The van der Waals surface area contributed by atoms with E-state index >= 15 is 0 Å². The van der Waals surface area contributed by atoms with Crippen molar-refractivity contribution in [1.29, 1.82) is 0 Å². The van der Waals surface area contributed by atoms with E-state index in [4.69, 9.17) is 5.84 Å². The number of nitrogens with two attached hydrogens (primary N) is 2. The molecule has 0 radical (unpaired) electrons. The Morgan fingerprint density at radius 3 is 2.69 bits per heavy atom.